The van der Waals surface area contributed by atoms with Crippen LogP contribution in [0.1, 0.15) is 32.1 Å². The monoisotopic (exact) mass is 207 g/mol. The molecule has 0 bridgehead atoms. The molecule has 0 aromatic heterocycles. The number of nitrogens with zero attached hydrogens (tertiary/aromatic N) is 1. The normalized spacial score (nSPS) is 21.8. The molecule has 15 heavy (non-hydrogen) atoms. The zero-order valence-corrected chi connectivity index (χ0v) is 8.88. The van der Waals surface area contributed by atoms with E-state index in [1.807, 2.05) is 0 Å². The van der Waals surface area contributed by atoms with Crippen LogP contribution in [0.25, 0.3) is 0 Å². The van der Waals surface area contributed by atoms with Crippen molar-refractivity contribution in [1.82, 2.24) is 10.6 Å². The van der Waals surface area contributed by atoms with Crippen molar-refractivity contribution in [2.75, 3.05) is 13.1 Å². The molecule has 2 aliphatic carbocycles. The number of hydrogen-bond donors (Lipinski definition) is 2. The van der Waals surface area contributed by atoms with Crippen molar-refractivity contribution in [3.63, 3.8) is 0 Å². The molecule has 0 radical (unpaired) electrons. The van der Waals surface area contributed by atoms with Crippen molar-refractivity contribution < 1.29 is 4.79 Å². The number of carbonyl (C=O) groups excluding carboxylic acids is 1. The number of carbonyl (C=O) groups is 1. The molecule has 2 aliphatic rings. The number of amides is 1. The second-order valence-electron chi connectivity index (χ2n) is 4.78. The molecule has 82 valence electrons. The fourth-order valence-corrected chi connectivity index (χ4v) is 1.71. The van der Waals surface area contributed by atoms with Crippen LogP contribution < -0.4 is 10.6 Å². The number of hydrogen-bond acceptors (Lipinski definition) is 3. The van der Waals surface area contributed by atoms with Gasteiger partial charge in [-0.05, 0) is 31.1 Å². The first kappa shape index (κ1) is 10.4. The molecule has 0 spiro atoms. The Morgan fingerprint density at radius 1 is 1.47 bits per heavy atom. The predicted octanol–water partition coefficient (Wildman–Crippen LogP) is 0.548. The summed E-state index contributed by atoms with van der Waals surface area (Å²) < 4.78 is 0. The summed E-state index contributed by atoms with van der Waals surface area (Å²) in [6, 6.07) is 2.65. The first-order valence-corrected chi connectivity index (χ1v) is 5.61. The Kier molecular flexibility index (Phi) is 2.92. The van der Waals surface area contributed by atoms with Crippen LogP contribution in [0, 0.1) is 16.7 Å². The lowest BCUT2D eigenvalue weighted by molar-refractivity contribution is -0.120. The van der Waals surface area contributed by atoms with Crippen molar-refractivity contribution in [3.05, 3.63) is 0 Å². The van der Waals surface area contributed by atoms with Gasteiger partial charge in [0.25, 0.3) is 0 Å². The molecule has 0 aliphatic heterocycles. The van der Waals surface area contributed by atoms with E-state index in [0.29, 0.717) is 19.0 Å². The molecule has 0 heterocycles. The molecule has 4 heteroatoms. The molecule has 2 saturated carbocycles. The molecule has 2 rings (SSSR count). The Balaban J connectivity index is 1.58. The van der Waals surface area contributed by atoms with E-state index >= 15 is 0 Å². The van der Waals surface area contributed by atoms with Crippen molar-refractivity contribution >= 4 is 5.91 Å². The van der Waals surface area contributed by atoms with Crippen LogP contribution in [0.4, 0.5) is 0 Å². The van der Waals surface area contributed by atoms with Crippen molar-refractivity contribution in [1.29, 1.82) is 5.26 Å². The summed E-state index contributed by atoms with van der Waals surface area (Å²) in [5.41, 5.74) is 0.189. The minimum Gasteiger partial charge on any atom is -0.352 e. The van der Waals surface area contributed by atoms with Gasteiger partial charge in [0.05, 0.1) is 12.6 Å². The fourth-order valence-electron chi connectivity index (χ4n) is 1.71. The summed E-state index contributed by atoms with van der Waals surface area (Å²) in [5.74, 6) is 0.0882. The summed E-state index contributed by atoms with van der Waals surface area (Å²) in [7, 11) is 0. The summed E-state index contributed by atoms with van der Waals surface area (Å²) in [6.07, 6.45) is 5.12. The van der Waals surface area contributed by atoms with Crippen LogP contribution >= 0.6 is 0 Å². The Morgan fingerprint density at radius 3 is 2.73 bits per heavy atom. The highest BCUT2D eigenvalue weighted by Crippen LogP contribution is 2.47. The maximum atomic E-state index is 11.3. The predicted molar refractivity (Wildman–Crippen MR) is 55.9 cm³/mol. The zero-order chi connectivity index (χ0) is 10.7. The van der Waals surface area contributed by atoms with Gasteiger partial charge in [0.2, 0.25) is 5.91 Å². The highest BCUT2D eigenvalue weighted by molar-refractivity contribution is 5.78. The van der Waals surface area contributed by atoms with Crippen LogP contribution in [0.2, 0.25) is 0 Å². The average molecular weight is 207 g/mol. The van der Waals surface area contributed by atoms with E-state index in [9.17, 15) is 4.79 Å². The SMILES string of the molecule is N#CCC1(CNCC(=O)NC2CC2)CC1. The molecule has 1 amide bonds. The third kappa shape index (κ3) is 3.21. The Morgan fingerprint density at radius 2 is 2.20 bits per heavy atom. The molecular formula is C11H17N3O. The molecule has 0 unspecified atom stereocenters. The second-order valence-corrected chi connectivity index (χ2v) is 4.78. The molecule has 0 aromatic rings. The average Bonchev–Trinajstić information content (AvgIpc) is 3.04. The summed E-state index contributed by atoms with van der Waals surface area (Å²) in [6.45, 7) is 1.20. The lowest BCUT2D eigenvalue weighted by Crippen LogP contribution is -2.37. The van der Waals surface area contributed by atoms with Gasteiger partial charge in [0.1, 0.15) is 0 Å². The van der Waals surface area contributed by atoms with E-state index in [1.54, 1.807) is 0 Å². The third-order valence-electron chi connectivity index (χ3n) is 3.14. The second kappa shape index (κ2) is 4.19. The van der Waals surface area contributed by atoms with Crippen molar-refractivity contribution in [2.45, 2.75) is 38.1 Å². The number of rotatable bonds is 6. The summed E-state index contributed by atoms with van der Waals surface area (Å²) >= 11 is 0. The van der Waals surface area contributed by atoms with E-state index in [0.717, 1.165) is 32.2 Å². The van der Waals surface area contributed by atoms with Gasteiger partial charge >= 0.3 is 0 Å². The summed E-state index contributed by atoms with van der Waals surface area (Å²) in [4.78, 5) is 11.3. The van der Waals surface area contributed by atoms with Crippen LogP contribution in [0.3, 0.4) is 0 Å². The van der Waals surface area contributed by atoms with Crippen molar-refractivity contribution in [2.24, 2.45) is 5.41 Å². The van der Waals surface area contributed by atoms with Crippen LogP contribution in [0.5, 0.6) is 0 Å². The molecular weight excluding hydrogens is 190 g/mol. The van der Waals surface area contributed by atoms with Gasteiger partial charge in [0, 0.05) is 19.0 Å². The van der Waals surface area contributed by atoms with E-state index < -0.39 is 0 Å². The minimum atomic E-state index is 0.0882. The third-order valence-corrected chi connectivity index (χ3v) is 3.14. The smallest absolute Gasteiger partial charge is 0.234 e. The van der Waals surface area contributed by atoms with Crippen LogP contribution in [-0.4, -0.2) is 25.0 Å². The molecule has 0 saturated heterocycles. The van der Waals surface area contributed by atoms with E-state index in [2.05, 4.69) is 16.7 Å². The van der Waals surface area contributed by atoms with Gasteiger partial charge in [-0.3, -0.25) is 4.79 Å². The minimum absolute atomic E-state index is 0.0882. The molecule has 4 nitrogen and oxygen atoms in total. The highest BCUT2D eigenvalue weighted by atomic mass is 16.2. The first-order chi connectivity index (χ1) is 7.24. The van der Waals surface area contributed by atoms with E-state index in [4.69, 9.17) is 5.26 Å². The van der Waals surface area contributed by atoms with Crippen LogP contribution in [0.15, 0.2) is 0 Å². The van der Waals surface area contributed by atoms with Crippen molar-refractivity contribution in [3.8, 4) is 6.07 Å². The van der Waals surface area contributed by atoms with Gasteiger partial charge < -0.3 is 10.6 Å². The Labute approximate surface area is 90.0 Å². The Hall–Kier alpha value is -1.08. The molecule has 0 aromatic carbocycles. The molecule has 2 fully saturated rings. The van der Waals surface area contributed by atoms with Gasteiger partial charge in [-0.25, -0.2) is 0 Å². The molecule has 2 N–H and O–H groups in total. The Bertz CT molecular complexity index is 287. The maximum absolute atomic E-state index is 11.3. The fraction of sp³-hybridized carbons (Fsp3) is 0.818. The van der Waals surface area contributed by atoms with Gasteiger partial charge in [0.15, 0.2) is 0 Å². The first-order valence-electron chi connectivity index (χ1n) is 5.61. The largest absolute Gasteiger partial charge is 0.352 e. The van der Waals surface area contributed by atoms with Gasteiger partial charge in [-0.15, -0.1) is 0 Å². The van der Waals surface area contributed by atoms with Gasteiger partial charge in [-0.1, -0.05) is 0 Å². The van der Waals surface area contributed by atoms with E-state index in [-0.39, 0.29) is 11.3 Å². The number of nitriles is 1. The lowest BCUT2D eigenvalue weighted by atomic mass is 10.0. The van der Waals surface area contributed by atoms with Gasteiger partial charge in [-0.2, -0.15) is 5.26 Å². The molecule has 0 atom stereocenters. The summed E-state index contributed by atoms with van der Waals surface area (Å²) in [5, 5.41) is 14.7. The zero-order valence-electron chi connectivity index (χ0n) is 8.88. The highest BCUT2D eigenvalue weighted by Gasteiger charge is 2.41. The maximum Gasteiger partial charge on any atom is 0.234 e. The number of nitrogens with one attached hydrogen (secondary N) is 2. The lowest BCUT2D eigenvalue weighted by Gasteiger charge is -2.11. The van der Waals surface area contributed by atoms with E-state index in [1.165, 1.54) is 0 Å². The topological polar surface area (TPSA) is 64.9 Å². The van der Waals surface area contributed by atoms with Crippen LogP contribution in [-0.2, 0) is 4.79 Å². The standard InChI is InChI=1S/C11H17N3O/c12-6-5-11(3-4-11)8-13-7-10(15)14-9-1-2-9/h9,13H,1-5,7-8H2,(H,14,15). The quantitative estimate of drug-likeness (QED) is 0.668.